The first-order chi connectivity index (χ1) is 10.0. The van der Waals surface area contributed by atoms with Crippen molar-refractivity contribution in [2.45, 2.75) is 56.9 Å². The van der Waals surface area contributed by atoms with Crippen molar-refractivity contribution >= 4 is 11.6 Å². The van der Waals surface area contributed by atoms with Gasteiger partial charge in [-0.25, -0.2) is 0 Å². The fourth-order valence-corrected chi connectivity index (χ4v) is 3.12. The number of carbonyl (C=O) groups is 1. The molecular formula is C17H26N2O2. The molecule has 4 nitrogen and oxygen atoms in total. The van der Waals surface area contributed by atoms with Crippen LogP contribution in [0.25, 0.3) is 0 Å². The van der Waals surface area contributed by atoms with Crippen molar-refractivity contribution in [3.8, 4) is 0 Å². The first kappa shape index (κ1) is 15.8. The number of nitrogen functional groups attached to an aromatic ring is 1. The van der Waals surface area contributed by atoms with Crippen molar-refractivity contribution in [2.75, 3.05) is 12.3 Å². The lowest BCUT2D eigenvalue weighted by molar-refractivity contribution is -0.124. The number of nitrogens with two attached hydrogens (primary N) is 1. The fourth-order valence-electron chi connectivity index (χ4n) is 3.12. The van der Waals surface area contributed by atoms with Gasteiger partial charge in [0, 0.05) is 12.1 Å². The maximum absolute atomic E-state index is 12.3. The number of hydrogen-bond acceptors (Lipinski definition) is 3. The van der Waals surface area contributed by atoms with E-state index in [9.17, 15) is 9.90 Å². The molecule has 1 aliphatic carbocycles. The summed E-state index contributed by atoms with van der Waals surface area (Å²) < 4.78 is 0. The molecule has 2 rings (SSSR count). The van der Waals surface area contributed by atoms with Crippen LogP contribution >= 0.6 is 0 Å². The number of hydrogen-bond donors (Lipinski definition) is 3. The summed E-state index contributed by atoms with van der Waals surface area (Å²) in [7, 11) is 0. The van der Waals surface area contributed by atoms with Crippen LogP contribution in [-0.4, -0.2) is 23.2 Å². The normalized spacial score (nSPS) is 19.0. The maximum Gasteiger partial charge on any atom is 0.221 e. The van der Waals surface area contributed by atoms with Gasteiger partial charge < -0.3 is 16.2 Å². The highest BCUT2D eigenvalue weighted by Crippen LogP contribution is 2.28. The van der Waals surface area contributed by atoms with Crippen LogP contribution in [0.1, 0.15) is 56.9 Å². The summed E-state index contributed by atoms with van der Waals surface area (Å²) in [5.41, 5.74) is 7.13. The second-order valence-corrected chi connectivity index (χ2v) is 6.32. The van der Waals surface area contributed by atoms with Crippen molar-refractivity contribution in [3.05, 3.63) is 29.8 Å². The Morgan fingerprint density at radius 3 is 2.48 bits per heavy atom. The van der Waals surface area contributed by atoms with Crippen molar-refractivity contribution < 1.29 is 9.90 Å². The molecule has 1 aromatic rings. The van der Waals surface area contributed by atoms with E-state index in [0.717, 1.165) is 36.9 Å². The average molecular weight is 290 g/mol. The van der Waals surface area contributed by atoms with E-state index in [1.54, 1.807) is 0 Å². The quantitative estimate of drug-likeness (QED) is 0.730. The van der Waals surface area contributed by atoms with Crippen molar-refractivity contribution in [1.82, 2.24) is 5.32 Å². The van der Waals surface area contributed by atoms with E-state index in [4.69, 9.17) is 5.73 Å². The summed E-state index contributed by atoms with van der Waals surface area (Å²) >= 11 is 0. The zero-order chi connectivity index (χ0) is 15.3. The maximum atomic E-state index is 12.3. The number of anilines is 1. The molecule has 0 aliphatic heterocycles. The van der Waals surface area contributed by atoms with Crippen molar-refractivity contribution in [3.63, 3.8) is 0 Å². The topological polar surface area (TPSA) is 75.3 Å². The van der Waals surface area contributed by atoms with E-state index in [2.05, 4.69) is 5.32 Å². The standard InChI is InChI=1S/C17H26N2O2/c1-13(14-5-7-15(18)8-6-14)11-16(21)19-17(12-20)9-3-2-4-10-17/h5-8,13,20H,2-4,9-12,18H2,1H3,(H,19,21). The molecule has 4 heteroatoms. The van der Waals surface area contributed by atoms with Gasteiger partial charge in [0.05, 0.1) is 12.1 Å². The van der Waals surface area contributed by atoms with Gasteiger partial charge >= 0.3 is 0 Å². The number of amides is 1. The SMILES string of the molecule is CC(CC(=O)NC1(CO)CCCCC1)c1ccc(N)cc1. The minimum absolute atomic E-state index is 0.0234. The molecule has 0 heterocycles. The lowest BCUT2D eigenvalue weighted by Crippen LogP contribution is -2.52. The van der Waals surface area contributed by atoms with E-state index >= 15 is 0 Å². The zero-order valence-corrected chi connectivity index (χ0v) is 12.8. The predicted octanol–water partition coefficient (Wildman–Crippen LogP) is 2.57. The van der Waals surface area contributed by atoms with E-state index in [-0.39, 0.29) is 18.4 Å². The van der Waals surface area contributed by atoms with Gasteiger partial charge in [-0.05, 0) is 36.5 Å². The van der Waals surface area contributed by atoms with E-state index in [1.165, 1.54) is 6.42 Å². The molecular weight excluding hydrogens is 264 g/mol. The molecule has 0 bridgehead atoms. The fraction of sp³-hybridized carbons (Fsp3) is 0.588. The van der Waals surface area contributed by atoms with Crippen LogP contribution < -0.4 is 11.1 Å². The molecule has 1 amide bonds. The third-order valence-electron chi connectivity index (χ3n) is 4.51. The van der Waals surface area contributed by atoms with Gasteiger partial charge in [-0.3, -0.25) is 4.79 Å². The molecule has 1 saturated carbocycles. The van der Waals surface area contributed by atoms with Gasteiger partial charge in [0.15, 0.2) is 0 Å². The Labute approximate surface area is 126 Å². The molecule has 21 heavy (non-hydrogen) atoms. The molecule has 116 valence electrons. The largest absolute Gasteiger partial charge is 0.399 e. The third-order valence-corrected chi connectivity index (χ3v) is 4.51. The molecule has 1 aliphatic rings. The lowest BCUT2D eigenvalue weighted by atomic mass is 9.82. The number of nitrogens with one attached hydrogen (secondary N) is 1. The Morgan fingerprint density at radius 2 is 1.90 bits per heavy atom. The highest BCUT2D eigenvalue weighted by atomic mass is 16.3. The molecule has 4 N–H and O–H groups in total. The van der Waals surface area contributed by atoms with E-state index in [1.807, 2.05) is 31.2 Å². The molecule has 1 atom stereocenters. The summed E-state index contributed by atoms with van der Waals surface area (Å²) in [5, 5.41) is 12.7. The van der Waals surface area contributed by atoms with Gasteiger partial charge in [-0.2, -0.15) is 0 Å². The van der Waals surface area contributed by atoms with Crippen LogP contribution in [0.15, 0.2) is 24.3 Å². The van der Waals surface area contributed by atoms with Crippen LogP contribution in [0, 0.1) is 0 Å². The highest BCUT2D eigenvalue weighted by molar-refractivity contribution is 5.77. The first-order valence-corrected chi connectivity index (χ1v) is 7.82. The van der Waals surface area contributed by atoms with Crippen LogP contribution in [0.4, 0.5) is 5.69 Å². The predicted molar refractivity (Wildman–Crippen MR) is 84.9 cm³/mol. The molecule has 0 saturated heterocycles. The molecule has 0 spiro atoms. The Bertz CT molecular complexity index is 464. The number of benzene rings is 1. The van der Waals surface area contributed by atoms with Crippen LogP contribution in [0.5, 0.6) is 0 Å². The summed E-state index contributed by atoms with van der Waals surface area (Å²) in [5.74, 6) is 0.167. The summed E-state index contributed by atoms with van der Waals surface area (Å²) in [6.07, 6.45) is 5.55. The monoisotopic (exact) mass is 290 g/mol. The minimum atomic E-state index is -0.393. The Morgan fingerprint density at radius 1 is 1.29 bits per heavy atom. The number of aliphatic hydroxyl groups excluding tert-OH is 1. The van der Waals surface area contributed by atoms with Crippen LogP contribution in [0.3, 0.4) is 0 Å². The number of carbonyl (C=O) groups excluding carboxylic acids is 1. The van der Waals surface area contributed by atoms with E-state index < -0.39 is 5.54 Å². The van der Waals surface area contributed by atoms with Gasteiger partial charge in [-0.1, -0.05) is 38.3 Å². The van der Waals surface area contributed by atoms with Crippen LogP contribution in [-0.2, 0) is 4.79 Å². The highest BCUT2D eigenvalue weighted by Gasteiger charge is 2.33. The third kappa shape index (κ3) is 4.21. The summed E-state index contributed by atoms with van der Waals surface area (Å²) in [6.45, 7) is 2.08. The minimum Gasteiger partial charge on any atom is -0.399 e. The molecule has 0 aromatic heterocycles. The lowest BCUT2D eigenvalue weighted by Gasteiger charge is -2.36. The Balaban J connectivity index is 1.92. The van der Waals surface area contributed by atoms with Gasteiger partial charge in [0.2, 0.25) is 5.91 Å². The number of rotatable bonds is 5. The van der Waals surface area contributed by atoms with Gasteiger partial charge in [-0.15, -0.1) is 0 Å². The summed E-state index contributed by atoms with van der Waals surface area (Å²) in [4.78, 5) is 12.3. The molecule has 0 radical (unpaired) electrons. The Hall–Kier alpha value is -1.55. The summed E-state index contributed by atoms with van der Waals surface area (Å²) in [6, 6.07) is 7.66. The first-order valence-electron chi connectivity index (χ1n) is 7.82. The Kier molecular flexibility index (Phi) is 5.23. The second-order valence-electron chi connectivity index (χ2n) is 6.32. The number of aliphatic hydroxyl groups is 1. The molecule has 1 fully saturated rings. The van der Waals surface area contributed by atoms with Gasteiger partial charge in [0.25, 0.3) is 0 Å². The van der Waals surface area contributed by atoms with E-state index in [0.29, 0.717) is 6.42 Å². The van der Waals surface area contributed by atoms with Crippen molar-refractivity contribution in [2.24, 2.45) is 0 Å². The van der Waals surface area contributed by atoms with Crippen LogP contribution in [0.2, 0.25) is 0 Å². The average Bonchev–Trinajstić information content (AvgIpc) is 2.48. The molecule has 1 unspecified atom stereocenters. The van der Waals surface area contributed by atoms with Gasteiger partial charge in [0.1, 0.15) is 0 Å². The zero-order valence-electron chi connectivity index (χ0n) is 12.8. The smallest absolute Gasteiger partial charge is 0.221 e. The second kappa shape index (κ2) is 6.94. The van der Waals surface area contributed by atoms with Crippen molar-refractivity contribution in [1.29, 1.82) is 0 Å². The molecule has 1 aromatic carbocycles.